The van der Waals surface area contributed by atoms with Gasteiger partial charge in [-0.25, -0.2) is 4.79 Å². The Morgan fingerprint density at radius 3 is 1.93 bits per heavy atom. The molecule has 7 nitrogen and oxygen atoms in total. The quantitative estimate of drug-likeness (QED) is 0.169. The van der Waals surface area contributed by atoms with Gasteiger partial charge in [-0.05, 0) is 34.9 Å². The number of rotatable bonds is 10. The van der Waals surface area contributed by atoms with Gasteiger partial charge in [0.05, 0.1) is 31.8 Å². The number of para-hydroxylation sites is 1. The Bertz CT molecular complexity index is 1780. The average Bonchev–Trinajstić information content (AvgIpc) is 3.07. The molecule has 5 aromatic rings. The summed E-state index contributed by atoms with van der Waals surface area (Å²) >= 11 is 0. The van der Waals surface area contributed by atoms with Gasteiger partial charge in [0, 0.05) is 5.57 Å². The fourth-order valence-electron chi connectivity index (χ4n) is 5.65. The molecular weight excluding hydrogens is 556 g/mol. The van der Waals surface area contributed by atoms with E-state index < -0.39 is 30.2 Å². The van der Waals surface area contributed by atoms with Crippen LogP contribution in [0.1, 0.15) is 22.3 Å². The minimum absolute atomic E-state index is 0.247. The molecule has 4 aromatic carbocycles. The summed E-state index contributed by atoms with van der Waals surface area (Å²) in [7, 11) is 0. The number of hydrogen-bond acceptors (Lipinski definition) is 7. The minimum atomic E-state index is -0.810. The summed E-state index contributed by atoms with van der Waals surface area (Å²) in [6, 6.07) is 37.2. The molecule has 0 radical (unpaired) electrons. The summed E-state index contributed by atoms with van der Waals surface area (Å²) in [5, 5.41) is 0.696. The molecule has 0 unspecified atom stereocenters. The molecule has 0 aliphatic carbocycles. The van der Waals surface area contributed by atoms with Crippen molar-refractivity contribution in [1.29, 1.82) is 0 Å². The zero-order chi connectivity index (χ0) is 29.7. The summed E-state index contributed by atoms with van der Waals surface area (Å²) in [6.07, 6.45) is -0.706. The van der Waals surface area contributed by atoms with Crippen LogP contribution in [-0.4, -0.2) is 31.2 Å². The molecule has 2 aliphatic heterocycles. The molecule has 1 saturated heterocycles. The third-order valence-corrected chi connectivity index (χ3v) is 7.85. The van der Waals surface area contributed by atoms with Crippen molar-refractivity contribution in [3.05, 3.63) is 154 Å². The maximum Gasteiger partial charge on any atom is 0.347 e. The molecular formula is C37H32O7. The molecule has 1 aromatic heterocycles. The largest absolute Gasteiger partial charge is 0.459 e. The summed E-state index contributed by atoms with van der Waals surface area (Å²) in [5.41, 5.74) is 4.04. The van der Waals surface area contributed by atoms with E-state index in [0.717, 1.165) is 16.7 Å². The fraction of sp³-hybridized carbons (Fsp3) is 0.216. The van der Waals surface area contributed by atoms with Crippen molar-refractivity contribution in [3.63, 3.8) is 0 Å². The lowest BCUT2D eigenvalue weighted by atomic mass is 9.92. The first-order chi connectivity index (χ1) is 21.7. The molecule has 0 amide bonds. The highest BCUT2D eigenvalue weighted by Crippen LogP contribution is 2.41. The first-order valence-corrected chi connectivity index (χ1v) is 14.7. The van der Waals surface area contributed by atoms with Crippen molar-refractivity contribution in [1.82, 2.24) is 0 Å². The average molecular weight is 589 g/mol. The van der Waals surface area contributed by atoms with Gasteiger partial charge in [0.25, 0.3) is 0 Å². The highest BCUT2D eigenvalue weighted by Gasteiger charge is 2.47. The number of hydrogen-bond donors (Lipinski definition) is 0. The number of benzene rings is 4. The van der Waals surface area contributed by atoms with Crippen LogP contribution in [0, 0.1) is 0 Å². The van der Waals surface area contributed by atoms with Crippen molar-refractivity contribution in [2.75, 3.05) is 6.61 Å². The van der Waals surface area contributed by atoms with Crippen LogP contribution >= 0.6 is 0 Å². The fourth-order valence-corrected chi connectivity index (χ4v) is 5.65. The SMILES string of the molecule is O=c1oc2ccccc2c2c1C=C1[C@H](O2)O[C@H](COCc2ccccc2)[C@H](OCc2ccccc2)[C@@H]1OCc1ccccc1. The van der Waals surface area contributed by atoms with Gasteiger partial charge < -0.3 is 28.1 Å². The highest BCUT2D eigenvalue weighted by molar-refractivity contribution is 5.88. The smallest absolute Gasteiger partial charge is 0.347 e. The lowest BCUT2D eigenvalue weighted by Crippen LogP contribution is -2.56. The van der Waals surface area contributed by atoms with Gasteiger partial charge in [-0.1, -0.05) is 103 Å². The van der Waals surface area contributed by atoms with Crippen LogP contribution in [0.4, 0.5) is 0 Å². The van der Waals surface area contributed by atoms with Crippen molar-refractivity contribution < 1.29 is 28.1 Å². The van der Waals surface area contributed by atoms with Gasteiger partial charge in [-0.2, -0.15) is 0 Å². The summed E-state index contributed by atoms with van der Waals surface area (Å²) in [4.78, 5) is 13.1. The van der Waals surface area contributed by atoms with Crippen molar-refractivity contribution in [2.24, 2.45) is 0 Å². The Kier molecular flexibility index (Phi) is 8.34. The predicted octanol–water partition coefficient (Wildman–Crippen LogP) is 6.68. The molecule has 0 spiro atoms. The second-order valence-corrected chi connectivity index (χ2v) is 10.9. The summed E-state index contributed by atoms with van der Waals surface area (Å²) in [6.45, 7) is 1.34. The maximum absolute atomic E-state index is 13.1. The van der Waals surface area contributed by atoms with E-state index in [-0.39, 0.29) is 6.61 Å². The monoisotopic (exact) mass is 588 g/mol. The van der Waals surface area contributed by atoms with Crippen molar-refractivity contribution in [3.8, 4) is 5.75 Å². The topological polar surface area (TPSA) is 76.4 Å². The Morgan fingerprint density at radius 2 is 1.25 bits per heavy atom. The van der Waals surface area contributed by atoms with E-state index in [1.807, 2.05) is 109 Å². The van der Waals surface area contributed by atoms with E-state index in [2.05, 4.69) is 0 Å². The highest BCUT2D eigenvalue weighted by atomic mass is 16.7. The van der Waals surface area contributed by atoms with Crippen molar-refractivity contribution in [2.45, 2.75) is 44.4 Å². The molecule has 0 bridgehead atoms. The third-order valence-electron chi connectivity index (χ3n) is 7.85. The normalized spacial score (nSPS) is 20.8. The number of ether oxygens (including phenoxy) is 5. The third kappa shape index (κ3) is 6.09. The second kappa shape index (κ2) is 13.0. The van der Waals surface area contributed by atoms with Gasteiger partial charge in [-0.15, -0.1) is 0 Å². The van der Waals surface area contributed by atoms with Gasteiger partial charge >= 0.3 is 5.63 Å². The molecule has 0 saturated carbocycles. The molecule has 4 atom stereocenters. The Labute approximate surface area is 255 Å². The van der Waals surface area contributed by atoms with Crippen LogP contribution in [-0.2, 0) is 38.8 Å². The Balaban J connectivity index is 1.25. The molecule has 2 aliphatic rings. The molecule has 1 fully saturated rings. The lowest BCUT2D eigenvalue weighted by molar-refractivity contribution is -0.229. The zero-order valence-electron chi connectivity index (χ0n) is 24.0. The van der Waals surface area contributed by atoms with E-state index in [0.29, 0.717) is 47.7 Å². The van der Waals surface area contributed by atoms with Crippen LogP contribution in [0.2, 0.25) is 0 Å². The standard InChI is InChI=1S/C37H32O7/c38-36-29-20-30-34(40-22-26-14-6-2-7-15-26)35(41-23-27-16-8-3-9-17-27)32(24-39-21-25-12-4-1-5-13-25)43-37(30)44-33(29)28-18-10-11-19-31(28)42-36/h1-20,32,34-35,37H,21-24H2/t32-,34-,35+,37+/m1/s1. The van der Waals surface area contributed by atoms with Crippen LogP contribution in [0.3, 0.4) is 0 Å². The second-order valence-electron chi connectivity index (χ2n) is 10.9. The first-order valence-electron chi connectivity index (χ1n) is 14.7. The van der Waals surface area contributed by atoms with Gasteiger partial charge in [0.15, 0.2) is 0 Å². The van der Waals surface area contributed by atoms with E-state index in [1.165, 1.54) is 0 Å². The first kappa shape index (κ1) is 28.3. The molecule has 0 N–H and O–H groups in total. The van der Waals surface area contributed by atoms with Gasteiger partial charge in [0.2, 0.25) is 6.29 Å². The van der Waals surface area contributed by atoms with Crippen LogP contribution in [0.15, 0.2) is 130 Å². The predicted molar refractivity (Wildman–Crippen MR) is 166 cm³/mol. The van der Waals surface area contributed by atoms with Crippen LogP contribution in [0.25, 0.3) is 17.0 Å². The van der Waals surface area contributed by atoms with Crippen LogP contribution < -0.4 is 10.4 Å². The van der Waals surface area contributed by atoms with Crippen LogP contribution in [0.5, 0.6) is 5.75 Å². The Hall–Kier alpha value is -4.53. The summed E-state index contributed by atoms with van der Waals surface area (Å²) in [5.74, 6) is 0.431. The van der Waals surface area contributed by atoms with E-state index in [1.54, 1.807) is 12.1 Å². The maximum atomic E-state index is 13.1. The number of fused-ring (bicyclic) bond motifs is 4. The minimum Gasteiger partial charge on any atom is -0.459 e. The van der Waals surface area contributed by atoms with E-state index in [9.17, 15) is 4.79 Å². The zero-order valence-corrected chi connectivity index (χ0v) is 24.0. The summed E-state index contributed by atoms with van der Waals surface area (Å²) < 4.78 is 38.1. The molecule has 44 heavy (non-hydrogen) atoms. The van der Waals surface area contributed by atoms with Gasteiger partial charge in [0.1, 0.15) is 35.2 Å². The van der Waals surface area contributed by atoms with E-state index >= 15 is 0 Å². The molecule has 7 heteroatoms. The molecule has 7 rings (SSSR count). The van der Waals surface area contributed by atoms with E-state index in [4.69, 9.17) is 28.1 Å². The lowest BCUT2D eigenvalue weighted by Gasteiger charge is -2.44. The Morgan fingerprint density at radius 1 is 0.659 bits per heavy atom. The van der Waals surface area contributed by atoms with Crippen molar-refractivity contribution >= 4 is 17.0 Å². The molecule has 3 heterocycles. The molecule has 222 valence electrons. The van der Waals surface area contributed by atoms with Gasteiger partial charge in [-0.3, -0.25) is 0 Å².